The summed E-state index contributed by atoms with van der Waals surface area (Å²) in [5.41, 5.74) is 13.9. The minimum Gasteiger partial charge on any atom is -0.397 e. The van der Waals surface area contributed by atoms with Gasteiger partial charge in [0.25, 0.3) is 5.91 Å². The van der Waals surface area contributed by atoms with Crippen LogP contribution in [-0.4, -0.2) is 17.9 Å². The van der Waals surface area contributed by atoms with Gasteiger partial charge in [-0.3, -0.25) is 4.79 Å². The van der Waals surface area contributed by atoms with Crippen LogP contribution in [0.4, 0.5) is 11.5 Å². The quantitative estimate of drug-likeness (QED) is 0.885. The van der Waals surface area contributed by atoms with Gasteiger partial charge in [-0.1, -0.05) is 29.8 Å². The molecule has 0 bridgehead atoms. The van der Waals surface area contributed by atoms with Crippen molar-refractivity contribution < 1.29 is 4.79 Å². The third-order valence-electron chi connectivity index (χ3n) is 3.08. The molecule has 1 aromatic heterocycles. The van der Waals surface area contributed by atoms with Gasteiger partial charge < -0.3 is 16.4 Å². The predicted octanol–water partition coefficient (Wildman–Crippen LogP) is 1.71. The van der Waals surface area contributed by atoms with Gasteiger partial charge in [0.1, 0.15) is 5.82 Å². The Morgan fingerprint density at radius 3 is 2.75 bits per heavy atom. The van der Waals surface area contributed by atoms with Gasteiger partial charge >= 0.3 is 0 Å². The Morgan fingerprint density at radius 1 is 1.35 bits per heavy atom. The average Bonchev–Trinajstić information content (AvgIpc) is 2.38. The zero-order valence-electron chi connectivity index (χ0n) is 11.6. The maximum absolute atomic E-state index is 11.3. The molecule has 20 heavy (non-hydrogen) atoms. The molecule has 0 saturated carbocycles. The van der Waals surface area contributed by atoms with Crippen LogP contribution in [0.15, 0.2) is 36.5 Å². The van der Waals surface area contributed by atoms with Crippen molar-refractivity contribution in [1.29, 1.82) is 0 Å². The second-order valence-corrected chi connectivity index (χ2v) is 4.84. The normalized spacial score (nSPS) is 10.3. The first kappa shape index (κ1) is 13.9. The van der Waals surface area contributed by atoms with Crippen LogP contribution in [0.3, 0.4) is 0 Å². The lowest BCUT2D eigenvalue weighted by atomic mass is 10.1. The van der Waals surface area contributed by atoms with Crippen LogP contribution in [0.25, 0.3) is 0 Å². The first-order chi connectivity index (χ1) is 9.47. The van der Waals surface area contributed by atoms with E-state index in [1.54, 1.807) is 6.07 Å². The van der Waals surface area contributed by atoms with Gasteiger partial charge in [0, 0.05) is 13.6 Å². The third-order valence-corrected chi connectivity index (χ3v) is 3.08. The molecule has 0 aliphatic heterocycles. The number of hydrogen-bond acceptors (Lipinski definition) is 4. The number of amides is 1. The molecule has 5 heteroatoms. The van der Waals surface area contributed by atoms with Crippen molar-refractivity contribution in [3.63, 3.8) is 0 Å². The molecule has 0 fully saturated rings. The SMILES string of the molecule is Cc1cccc(CN(C)c2cc(C(N)=O)c(N)cn2)c1. The fraction of sp³-hybridized carbons (Fsp3) is 0.200. The van der Waals surface area contributed by atoms with Gasteiger partial charge in [-0.05, 0) is 18.6 Å². The molecule has 0 saturated heterocycles. The number of nitrogens with zero attached hydrogens (tertiary/aromatic N) is 2. The van der Waals surface area contributed by atoms with Crippen molar-refractivity contribution in [2.75, 3.05) is 17.7 Å². The summed E-state index contributed by atoms with van der Waals surface area (Å²) in [6.07, 6.45) is 1.46. The van der Waals surface area contributed by atoms with Gasteiger partial charge in [0.05, 0.1) is 17.4 Å². The number of pyridine rings is 1. The number of benzene rings is 1. The van der Waals surface area contributed by atoms with Crippen molar-refractivity contribution >= 4 is 17.4 Å². The summed E-state index contributed by atoms with van der Waals surface area (Å²) in [6, 6.07) is 9.85. The highest BCUT2D eigenvalue weighted by Crippen LogP contribution is 2.18. The van der Waals surface area contributed by atoms with Gasteiger partial charge in [-0.2, -0.15) is 0 Å². The molecule has 2 aromatic rings. The molecule has 2 rings (SSSR count). The molecule has 5 nitrogen and oxygen atoms in total. The summed E-state index contributed by atoms with van der Waals surface area (Å²) in [6.45, 7) is 2.74. The van der Waals surface area contributed by atoms with E-state index in [9.17, 15) is 4.79 Å². The molecule has 1 amide bonds. The number of nitrogens with two attached hydrogens (primary N) is 2. The second kappa shape index (κ2) is 5.61. The number of aromatic nitrogens is 1. The maximum atomic E-state index is 11.3. The molecule has 104 valence electrons. The highest BCUT2D eigenvalue weighted by molar-refractivity contribution is 5.98. The Balaban J connectivity index is 2.23. The molecule has 0 aliphatic rings. The molecule has 0 spiro atoms. The number of rotatable bonds is 4. The molecule has 0 unspecified atom stereocenters. The fourth-order valence-corrected chi connectivity index (χ4v) is 2.04. The summed E-state index contributed by atoms with van der Waals surface area (Å²) in [5.74, 6) is 0.115. The summed E-state index contributed by atoms with van der Waals surface area (Å²) in [7, 11) is 1.91. The Bertz CT molecular complexity index is 640. The molecule has 0 atom stereocenters. The lowest BCUT2D eigenvalue weighted by Gasteiger charge is -2.19. The van der Waals surface area contributed by atoms with Crippen LogP contribution in [0.2, 0.25) is 0 Å². The van der Waals surface area contributed by atoms with Gasteiger partial charge in [-0.25, -0.2) is 4.98 Å². The largest absolute Gasteiger partial charge is 0.397 e. The fourth-order valence-electron chi connectivity index (χ4n) is 2.04. The van der Waals surface area contributed by atoms with Crippen molar-refractivity contribution in [2.45, 2.75) is 13.5 Å². The standard InChI is InChI=1S/C15H18N4O/c1-10-4-3-5-11(6-10)9-19(2)14-7-12(15(17)20)13(16)8-18-14/h3-8H,9,16H2,1-2H3,(H2,17,20). The average molecular weight is 270 g/mol. The molecule has 0 radical (unpaired) electrons. The number of primary amides is 1. The Hall–Kier alpha value is -2.56. The van der Waals surface area contributed by atoms with Crippen LogP contribution in [-0.2, 0) is 6.54 Å². The minimum absolute atomic E-state index is 0.296. The molecule has 4 N–H and O–H groups in total. The van der Waals surface area contributed by atoms with E-state index in [4.69, 9.17) is 11.5 Å². The second-order valence-electron chi connectivity index (χ2n) is 4.84. The van der Waals surface area contributed by atoms with E-state index in [1.165, 1.54) is 17.3 Å². The van der Waals surface area contributed by atoms with Crippen molar-refractivity contribution in [3.05, 3.63) is 53.2 Å². The van der Waals surface area contributed by atoms with E-state index in [0.717, 1.165) is 0 Å². The number of hydrogen-bond donors (Lipinski definition) is 2. The number of carbonyl (C=O) groups excluding carboxylic acids is 1. The lowest BCUT2D eigenvalue weighted by molar-refractivity contribution is 0.100. The lowest BCUT2D eigenvalue weighted by Crippen LogP contribution is -2.20. The van der Waals surface area contributed by atoms with Crippen LogP contribution < -0.4 is 16.4 Å². The Labute approximate surface area is 118 Å². The molecular weight excluding hydrogens is 252 g/mol. The summed E-state index contributed by atoms with van der Waals surface area (Å²) < 4.78 is 0. The predicted molar refractivity (Wildman–Crippen MR) is 80.5 cm³/mol. The first-order valence-corrected chi connectivity index (χ1v) is 6.29. The van der Waals surface area contributed by atoms with Crippen LogP contribution in [0.5, 0.6) is 0 Å². The van der Waals surface area contributed by atoms with Crippen LogP contribution in [0, 0.1) is 6.92 Å². The van der Waals surface area contributed by atoms with Crippen molar-refractivity contribution in [1.82, 2.24) is 4.98 Å². The maximum Gasteiger partial charge on any atom is 0.250 e. The van der Waals surface area contributed by atoms with E-state index >= 15 is 0 Å². The van der Waals surface area contributed by atoms with Gasteiger partial charge in [-0.15, -0.1) is 0 Å². The third kappa shape index (κ3) is 3.06. The van der Waals surface area contributed by atoms with Crippen LogP contribution in [0.1, 0.15) is 21.5 Å². The monoisotopic (exact) mass is 270 g/mol. The van der Waals surface area contributed by atoms with E-state index < -0.39 is 5.91 Å². The van der Waals surface area contributed by atoms with E-state index in [1.807, 2.05) is 18.0 Å². The van der Waals surface area contributed by atoms with E-state index in [0.29, 0.717) is 23.6 Å². The molecule has 1 aromatic carbocycles. The van der Waals surface area contributed by atoms with E-state index in [-0.39, 0.29) is 0 Å². The minimum atomic E-state index is -0.546. The number of carbonyl (C=O) groups is 1. The zero-order chi connectivity index (χ0) is 14.7. The Morgan fingerprint density at radius 2 is 2.10 bits per heavy atom. The van der Waals surface area contributed by atoms with Crippen LogP contribution >= 0.6 is 0 Å². The topological polar surface area (TPSA) is 85.2 Å². The van der Waals surface area contributed by atoms with Crippen molar-refractivity contribution in [3.8, 4) is 0 Å². The molecule has 0 aliphatic carbocycles. The summed E-state index contributed by atoms with van der Waals surface area (Å²) in [4.78, 5) is 17.5. The highest BCUT2D eigenvalue weighted by Gasteiger charge is 2.10. The van der Waals surface area contributed by atoms with E-state index in [2.05, 4.69) is 30.1 Å². The zero-order valence-corrected chi connectivity index (χ0v) is 11.6. The molecule has 1 heterocycles. The highest BCUT2D eigenvalue weighted by atomic mass is 16.1. The number of anilines is 2. The number of nitrogen functional groups attached to an aromatic ring is 1. The summed E-state index contributed by atoms with van der Waals surface area (Å²) in [5, 5.41) is 0. The molecular formula is C15H18N4O. The van der Waals surface area contributed by atoms with Gasteiger partial charge in [0.2, 0.25) is 0 Å². The smallest absolute Gasteiger partial charge is 0.250 e. The summed E-state index contributed by atoms with van der Waals surface area (Å²) >= 11 is 0. The first-order valence-electron chi connectivity index (χ1n) is 6.29. The van der Waals surface area contributed by atoms with Crippen molar-refractivity contribution in [2.24, 2.45) is 5.73 Å². The Kier molecular flexibility index (Phi) is 3.89. The number of aryl methyl sites for hydroxylation is 1. The van der Waals surface area contributed by atoms with Gasteiger partial charge in [0.15, 0.2) is 0 Å².